The second-order valence-corrected chi connectivity index (χ2v) is 1.63. The molecule has 0 aromatic carbocycles. The Morgan fingerprint density at radius 3 is 2.00 bits per heavy atom. The molecule has 0 rings (SSSR count). The van der Waals surface area contributed by atoms with Crippen LogP contribution in [0.5, 0.6) is 0 Å². The molecule has 0 aliphatic rings. The SMILES string of the molecule is CN(C)CC(=O)O.[Ba]. The molecule has 4 heteroatoms. The Morgan fingerprint density at radius 1 is 1.62 bits per heavy atom. The first-order valence-corrected chi connectivity index (χ1v) is 1.99. The number of rotatable bonds is 2. The van der Waals surface area contributed by atoms with E-state index in [-0.39, 0.29) is 55.4 Å². The van der Waals surface area contributed by atoms with Crippen LogP contribution >= 0.6 is 0 Å². The third-order valence-corrected chi connectivity index (χ3v) is 0.451. The minimum atomic E-state index is -0.787. The van der Waals surface area contributed by atoms with E-state index in [1.165, 1.54) is 0 Å². The zero-order valence-corrected chi connectivity index (χ0v) is 9.66. The van der Waals surface area contributed by atoms with Gasteiger partial charge in [-0.1, -0.05) is 0 Å². The maximum atomic E-state index is 9.77. The average molecular weight is 240 g/mol. The van der Waals surface area contributed by atoms with Crippen LogP contribution in [-0.2, 0) is 4.79 Å². The van der Waals surface area contributed by atoms with Gasteiger partial charge in [0.05, 0.1) is 6.54 Å². The normalized spacial score (nSPS) is 8.38. The minimum Gasteiger partial charge on any atom is -0.480 e. The van der Waals surface area contributed by atoms with Gasteiger partial charge in [-0.3, -0.25) is 9.69 Å². The molecular formula is C4H9BaNO2. The van der Waals surface area contributed by atoms with Gasteiger partial charge < -0.3 is 5.11 Å². The fourth-order valence-electron chi connectivity index (χ4n) is 0.271. The minimum absolute atomic E-state index is 0. The van der Waals surface area contributed by atoms with Gasteiger partial charge in [-0.15, -0.1) is 0 Å². The smallest absolute Gasteiger partial charge is 0.317 e. The zero-order valence-electron chi connectivity index (χ0n) is 5.22. The summed E-state index contributed by atoms with van der Waals surface area (Å²) < 4.78 is 0. The maximum Gasteiger partial charge on any atom is 0.317 e. The summed E-state index contributed by atoms with van der Waals surface area (Å²) in [6.07, 6.45) is 0. The van der Waals surface area contributed by atoms with Crippen LogP contribution in [-0.4, -0.2) is 85.5 Å². The number of hydrogen-bond acceptors (Lipinski definition) is 2. The van der Waals surface area contributed by atoms with Crippen molar-refractivity contribution in [1.29, 1.82) is 0 Å². The van der Waals surface area contributed by atoms with E-state index in [0.29, 0.717) is 0 Å². The van der Waals surface area contributed by atoms with Gasteiger partial charge in [-0.25, -0.2) is 0 Å². The molecule has 0 atom stereocenters. The summed E-state index contributed by atoms with van der Waals surface area (Å²) >= 11 is 0. The van der Waals surface area contributed by atoms with Crippen molar-refractivity contribution in [2.45, 2.75) is 0 Å². The molecule has 0 saturated carbocycles. The van der Waals surface area contributed by atoms with E-state index in [9.17, 15) is 4.79 Å². The van der Waals surface area contributed by atoms with Crippen molar-refractivity contribution in [3.63, 3.8) is 0 Å². The maximum absolute atomic E-state index is 9.77. The molecule has 3 nitrogen and oxygen atoms in total. The topological polar surface area (TPSA) is 40.5 Å². The Bertz CT molecular complexity index is 74.4. The van der Waals surface area contributed by atoms with E-state index in [4.69, 9.17) is 5.11 Å². The van der Waals surface area contributed by atoms with E-state index >= 15 is 0 Å². The van der Waals surface area contributed by atoms with Gasteiger partial charge in [0.2, 0.25) is 0 Å². The number of likely N-dealkylation sites (N-methyl/N-ethyl adjacent to an activating group) is 1. The number of carbonyl (C=O) groups is 1. The van der Waals surface area contributed by atoms with Crippen LogP contribution in [0.3, 0.4) is 0 Å². The van der Waals surface area contributed by atoms with Gasteiger partial charge in [-0.05, 0) is 14.1 Å². The van der Waals surface area contributed by atoms with Crippen LogP contribution in [0.4, 0.5) is 0 Å². The molecule has 0 unspecified atom stereocenters. The molecule has 8 heavy (non-hydrogen) atoms. The summed E-state index contributed by atoms with van der Waals surface area (Å²) in [4.78, 5) is 11.4. The molecule has 0 aromatic rings. The fourth-order valence-corrected chi connectivity index (χ4v) is 0.271. The molecule has 0 bridgehead atoms. The van der Waals surface area contributed by atoms with Crippen molar-refractivity contribution in [1.82, 2.24) is 4.90 Å². The van der Waals surface area contributed by atoms with Gasteiger partial charge in [0.15, 0.2) is 0 Å². The van der Waals surface area contributed by atoms with Crippen molar-refractivity contribution < 1.29 is 9.90 Å². The van der Waals surface area contributed by atoms with Gasteiger partial charge in [0.1, 0.15) is 0 Å². The second-order valence-electron chi connectivity index (χ2n) is 1.63. The first-order chi connectivity index (χ1) is 3.13. The number of nitrogens with zero attached hydrogens (tertiary/aromatic N) is 1. The quantitative estimate of drug-likeness (QED) is 0.646. The van der Waals surface area contributed by atoms with E-state index in [0.717, 1.165) is 0 Å². The Balaban J connectivity index is 0. The fraction of sp³-hybridized carbons (Fsp3) is 0.750. The van der Waals surface area contributed by atoms with Gasteiger partial charge in [0.25, 0.3) is 0 Å². The Hall–Kier alpha value is 1.00. The van der Waals surface area contributed by atoms with E-state index in [1.54, 1.807) is 19.0 Å². The monoisotopic (exact) mass is 241 g/mol. The molecule has 0 heterocycles. The average Bonchev–Trinajstić information content (AvgIpc) is 1.27. The predicted octanol–water partition coefficient (Wildman–Crippen LogP) is -0.748. The van der Waals surface area contributed by atoms with Crippen molar-refractivity contribution in [2.75, 3.05) is 20.6 Å². The van der Waals surface area contributed by atoms with Crippen LogP contribution in [0.1, 0.15) is 0 Å². The molecule has 44 valence electrons. The summed E-state index contributed by atoms with van der Waals surface area (Å²) in [5, 5.41) is 8.04. The zero-order chi connectivity index (χ0) is 5.86. The van der Waals surface area contributed by atoms with Crippen molar-refractivity contribution in [2.24, 2.45) is 0 Å². The van der Waals surface area contributed by atoms with E-state index in [1.807, 2.05) is 0 Å². The number of carboxylic acids is 1. The first-order valence-electron chi connectivity index (χ1n) is 1.99. The van der Waals surface area contributed by atoms with Crippen molar-refractivity contribution in [3.05, 3.63) is 0 Å². The number of carboxylic acid groups (broad SMARTS) is 1. The summed E-state index contributed by atoms with van der Waals surface area (Å²) in [6.45, 7) is 0.111. The van der Waals surface area contributed by atoms with Crippen LogP contribution < -0.4 is 0 Å². The third-order valence-electron chi connectivity index (χ3n) is 0.451. The Labute approximate surface area is 89.1 Å². The molecule has 0 spiro atoms. The van der Waals surface area contributed by atoms with Crippen molar-refractivity contribution in [3.8, 4) is 0 Å². The molecule has 1 N–H and O–H groups in total. The molecular weight excluding hydrogens is 231 g/mol. The van der Waals surface area contributed by atoms with Gasteiger partial charge in [-0.2, -0.15) is 0 Å². The van der Waals surface area contributed by atoms with E-state index in [2.05, 4.69) is 0 Å². The standard InChI is InChI=1S/C4H9NO2.Ba/c1-5(2)3-4(6)7;/h3H2,1-2H3,(H,6,7);. The summed E-state index contributed by atoms with van der Waals surface area (Å²) in [7, 11) is 3.43. The molecule has 0 aliphatic heterocycles. The molecule has 0 aromatic heterocycles. The molecule has 0 amide bonds. The molecule has 0 aliphatic carbocycles. The summed E-state index contributed by atoms with van der Waals surface area (Å²) in [5.74, 6) is -0.787. The van der Waals surface area contributed by atoms with E-state index < -0.39 is 5.97 Å². The van der Waals surface area contributed by atoms with Crippen LogP contribution in [0.25, 0.3) is 0 Å². The predicted molar refractivity (Wildman–Crippen MR) is 31.9 cm³/mol. The van der Waals surface area contributed by atoms with Crippen LogP contribution in [0.15, 0.2) is 0 Å². The Morgan fingerprint density at radius 2 is 2.00 bits per heavy atom. The van der Waals surface area contributed by atoms with Crippen LogP contribution in [0.2, 0.25) is 0 Å². The Kier molecular flexibility index (Phi) is 9.00. The molecule has 2 radical (unpaired) electrons. The van der Waals surface area contributed by atoms with Gasteiger partial charge >= 0.3 is 5.97 Å². The third kappa shape index (κ3) is 10.1. The number of hydrogen-bond donors (Lipinski definition) is 1. The summed E-state index contributed by atoms with van der Waals surface area (Å²) in [6, 6.07) is 0. The first kappa shape index (κ1) is 11.8. The van der Waals surface area contributed by atoms with Gasteiger partial charge in [0, 0.05) is 48.9 Å². The van der Waals surface area contributed by atoms with Crippen molar-refractivity contribution >= 4 is 54.9 Å². The van der Waals surface area contributed by atoms with Crippen LogP contribution in [0, 0.1) is 0 Å². The number of aliphatic carboxylic acids is 1. The summed E-state index contributed by atoms with van der Waals surface area (Å²) in [5.41, 5.74) is 0. The molecule has 0 fully saturated rings. The molecule has 0 saturated heterocycles. The largest absolute Gasteiger partial charge is 0.480 e. The second kappa shape index (κ2) is 6.13.